The van der Waals surface area contributed by atoms with Gasteiger partial charge < -0.3 is 24.5 Å². The number of fused-ring (bicyclic) bond motifs is 1. The Morgan fingerprint density at radius 3 is 2.64 bits per heavy atom. The standard InChI is InChI=1S/C22H22N2O4/c1-15(17-9-10-18-20(12-17)28-14-27-18)24-21(25)13-23-22(19-8-5-11-26-19)16-6-3-2-4-7-16/h2-12,15,22-23H,13-14H2,1H3,(H,24,25)/p+1/t15-,22-/m0/s1. The maximum atomic E-state index is 12.5. The number of nitrogens with one attached hydrogen (secondary N) is 1. The summed E-state index contributed by atoms with van der Waals surface area (Å²) in [6, 6.07) is 19.3. The molecular weight excluding hydrogens is 356 g/mol. The molecule has 0 radical (unpaired) electrons. The molecule has 1 aliphatic heterocycles. The molecule has 28 heavy (non-hydrogen) atoms. The van der Waals surface area contributed by atoms with E-state index in [9.17, 15) is 4.79 Å². The van der Waals surface area contributed by atoms with Crippen molar-refractivity contribution in [3.8, 4) is 11.5 Å². The fraction of sp³-hybridized carbons (Fsp3) is 0.227. The van der Waals surface area contributed by atoms with E-state index in [1.165, 1.54) is 0 Å². The van der Waals surface area contributed by atoms with Crippen LogP contribution in [0, 0.1) is 0 Å². The third-order valence-corrected chi connectivity index (χ3v) is 4.82. The molecule has 2 aromatic carbocycles. The maximum absolute atomic E-state index is 12.5. The summed E-state index contributed by atoms with van der Waals surface area (Å²) in [5.41, 5.74) is 2.07. The minimum absolute atomic E-state index is 0.0438. The maximum Gasteiger partial charge on any atom is 0.275 e. The summed E-state index contributed by atoms with van der Waals surface area (Å²) >= 11 is 0. The highest BCUT2D eigenvalue weighted by molar-refractivity contribution is 5.77. The van der Waals surface area contributed by atoms with Gasteiger partial charge in [-0.1, -0.05) is 36.4 Å². The summed E-state index contributed by atoms with van der Waals surface area (Å²) in [6.45, 7) is 2.48. The topological polar surface area (TPSA) is 77.3 Å². The second kappa shape index (κ2) is 8.19. The summed E-state index contributed by atoms with van der Waals surface area (Å²) in [5, 5.41) is 5.02. The van der Waals surface area contributed by atoms with Gasteiger partial charge in [-0.2, -0.15) is 0 Å². The Hall–Kier alpha value is -3.25. The lowest BCUT2D eigenvalue weighted by molar-refractivity contribution is -0.678. The average molecular weight is 379 g/mol. The van der Waals surface area contributed by atoms with E-state index in [0.29, 0.717) is 5.75 Å². The van der Waals surface area contributed by atoms with Crippen molar-refractivity contribution in [2.75, 3.05) is 13.3 Å². The number of carbonyl (C=O) groups excluding carboxylic acids is 1. The van der Waals surface area contributed by atoms with Gasteiger partial charge in [-0.3, -0.25) is 4.79 Å². The molecule has 0 fully saturated rings. The quantitative estimate of drug-likeness (QED) is 0.661. The first kappa shape index (κ1) is 18.1. The Bertz CT molecular complexity index is 925. The van der Waals surface area contributed by atoms with Crippen LogP contribution in [0.15, 0.2) is 71.3 Å². The second-order valence-corrected chi connectivity index (χ2v) is 6.75. The molecule has 1 aromatic heterocycles. The first-order valence-electron chi connectivity index (χ1n) is 9.31. The average Bonchev–Trinajstić information content (AvgIpc) is 3.40. The fourth-order valence-electron chi connectivity index (χ4n) is 3.34. The van der Waals surface area contributed by atoms with Gasteiger partial charge in [-0.25, -0.2) is 0 Å². The molecule has 2 atom stereocenters. The minimum atomic E-state index is -0.130. The van der Waals surface area contributed by atoms with E-state index in [-0.39, 0.29) is 31.3 Å². The minimum Gasteiger partial charge on any atom is -0.463 e. The number of rotatable bonds is 7. The third-order valence-electron chi connectivity index (χ3n) is 4.82. The van der Waals surface area contributed by atoms with E-state index in [0.717, 1.165) is 22.6 Å². The normalized spacial score (nSPS) is 14.5. The summed E-state index contributed by atoms with van der Waals surface area (Å²) in [4.78, 5) is 12.5. The van der Waals surface area contributed by atoms with Crippen LogP contribution >= 0.6 is 0 Å². The lowest BCUT2D eigenvalue weighted by Crippen LogP contribution is -2.87. The van der Waals surface area contributed by atoms with Crippen molar-refractivity contribution in [2.24, 2.45) is 0 Å². The molecule has 0 spiro atoms. The molecule has 4 rings (SSSR count). The lowest BCUT2D eigenvalue weighted by atomic mass is 10.0. The predicted molar refractivity (Wildman–Crippen MR) is 103 cm³/mol. The van der Waals surface area contributed by atoms with Crippen LogP contribution in [-0.2, 0) is 4.79 Å². The summed E-state index contributed by atoms with van der Waals surface area (Å²) in [5.74, 6) is 2.23. The molecule has 3 N–H and O–H groups in total. The first-order chi connectivity index (χ1) is 13.7. The van der Waals surface area contributed by atoms with E-state index >= 15 is 0 Å². The monoisotopic (exact) mass is 379 g/mol. The molecular formula is C22H23N2O4+. The van der Waals surface area contributed by atoms with Crippen molar-refractivity contribution >= 4 is 5.91 Å². The highest BCUT2D eigenvalue weighted by Gasteiger charge is 2.22. The molecule has 2 heterocycles. The van der Waals surface area contributed by atoms with E-state index in [2.05, 4.69) is 5.32 Å². The molecule has 1 amide bonds. The number of benzene rings is 2. The number of hydrogen-bond donors (Lipinski definition) is 2. The van der Waals surface area contributed by atoms with Crippen LogP contribution < -0.4 is 20.1 Å². The molecule has 3 aromatic rings. The van der Waals surface area contributed by atoms with E-state index in [4.69, 9.17) is 13.9 Å². The highest BCUT2D eigenvalue weighted by Crippen LogP contribution is 2.34. The van der Waals surface area contributed by atoms with Crippen molar-refractivity contribution < 1.29 is 24.0 Å². The van der Waals surface area contributed by atoms with Crippen LogP contribution in [0.25, 0.3) is 0 Å². The predicted octanol–water partition coefficient (Wildman–Crippen LogP) is 2.54. The van der Waals surface area contributed by atoms with Crippen LogP contribution in [0.4, 0.5) is 0 Å². The molecule has 0 unspecified atom stereocenters. The Labute approximate surface area is 163 Å². The molecule has 0 aliphatic carbocycles. The third kappa shape index (κ3) is 4.02. The van der Waals surface area contributed by atoms with Gasteiger partial charge in [0.2, 0.25) is 6.79 Å². The molecule has 0 saturated heterocycles. The number of hydrogen-bond acceptors (Lipinski definition) is 4. The molecule has 0 bridgehead atoms. The summed E-state index contributed by atoms with van der Waals surface area (Å²) in [6.07, 6.45) is 1.65. The van der Waals surface area contributed by atoms with E-state index in [1.807, 2.05) is 72.9 Å². The molecule has 0 saturated carbocycles. The van der Waals surface area contributed by atoms with Gasteiger partial charge in [0.1, 0.15) is 0 Å². The number of carbonyl (C=O) groups is 1. The smallest absolute Gasteiger partial charge is 0.275 e. The van der Waals surface area contributed by atoms with Crippen LogP contribution in [0.5, 0.6) is 11.5 Å². The number of quaternary nitrogens is 1. The van der Waals surface area contributed by atoms with Gasteiger partial charge in [0, 0.05) is 5.56 Å². The van der Waals surface area contributed by atoms with Crippen LogP contribution in [0.3, 0.4) is 0 Å². The van der Waals surface area contributed by atoms with Gasteiger partial charge >= 0.3 is 0 Å². The van der Waals surface area contributed by atoms with Crippen molar-refractivity contribution in [2.45, 2.75) is 19.0 Å². The zero-order valence-electron chi connectivity index (χ0n) is 15.6. The Morgan fingerprint density at radius 2 is 1.86 bits per heavy atom. The van der Waals surface area contributed by atoms with Crippen molar-refractivity contribution in [3.05, 3.63) is 83.8 Å². The number of nitrogens with two attached hydrogens (primary N) is 1. The number of furan rings is 1. The fourth-order valence-corrected chi connectivity index (χ4v) is 3.34. The summed E-state index contributed by atoms with van der Waals surface area (Å²) in [7, 11) is 0. The van der Waals surface area contributed by atoms with Gasteiger partial charge in [0.05, 0.1) is 12.3 Å². The van der Waals surface area contributed by atoms with E-state index < -0.39 is 0 Å². The van der Waals surface area contributed by atoms with Crippen molar-refractivity contribution in [3.63, 3.8) is 0 Å². The molecule has 6 heteroatoms. The van der Waals surface area contributed by atoms with Crippen molar-refractivity contribution in [1.29, 1.82) is 0 Å². The SMILES string of the molecule is C[C@H](NC(=O)C[NH2+][C@@H](c1ccccc1)c1ccco1)c1ccc2c(c1)OCO2. The first-order valence-corrected chi connectivity index (χ1v) is 9.31. The molecule has 144 valence electrons. The lowest BCUT2D eigenvalue weighted by Gasteiger charge is -2.17. The van der Waals surface area contributed by atoms with E-state index in [1.54, 1.807) is 6.26 Å². The Morgan fingerprint density at radius 1 is 1.04 bits per heavy atom. The Kier molecular flexibility index (Phi) is 5.30. The Balaban J connectivity index is 1.38. The highest BCUT2D eigenvalue weighted by atomic mass is 16.7. The van der Waals surface area contributed by atoms with Gasteiger partial charge in [-0.05, 0) is 36.8 Å². The van der Waals surface area contributed by atoms with Crippen LogP contribution in [0.2, 0.25) is 0 Å². The van der Waals surface area contributed by atoms with Crippen LogP contribution in [0.1, 0.15) is 35.9 Å². The van der Waals surface area contributed by atoms with Crippen molar-refractivity contribution in [1.82, 2.24) is 5.32 Å². The summed E-state index contributed by atoms with van der Waals surface area (Å²) < 4.78 is 16.3. The largest absolute Gasteiger partial charge is 0.463 e. The zero-order valence-corrected chi connectivity index (χ0v) is 15.6. The second-order valence-electron chi connectivity index (χ2n) is 6.75. The zero-order chi connectivity index (χ0) is 19.3. The van der Waals surface area contributed by atoms with Gasteiger partial charge in [0.25, 0.3) is 5.91 Å². The molecule has 1 aliphatic rings. The number of amides is 1. The number of ether oxygens (including phenoxy) is 2. The van der Waals surface area contributed by atoms with Gasteiger partial charge in [-0.15, -0.1) is 0 Å². The van der Waals surface area contributed by atoms with Crippen LogP contribution in [-0.4, -0.2) is 19.2 Å². The van der Waals surface area contributed by atoms with Gasteiger partial charge in [0.15, 0.2) is 29.8 Å². The molecule has 6 nitrogen and oxygen atoms in total.